The zero-order valence-corrected chi connectivity index (χ0v) is 30.0. The summed E-state index contributed by atoms with van der Waals surface area (Å²) in [6, 6.07) is -3.93. The van der Waals surface area contributed by atoms with E-state index in [1.54, 1.807) is 4.90 Å². The molecule has 5 amide bonds. The largest absolute Gasteiger partial charge is 0.344 e. The zero-order chi connectivity index (χ0) is 35.9. The molecule has 3 aliphatic rings. The topological polar surface area (TPSA) is 171 Å². The van der Waals surface area contributed by atoms with Crippen LogP contribution in [-0.4, -0.2) is 99.4 Å². The fraction of sp³-hybridized carbons (Fsp3) is 0.722. The molecular weight excluding hydrogens is 626 g/mol. The van der Waals surface area contributed by atoms with Crippen LogP contribution in [0.4, 0.5) is 0 Å². The molecule has 2 aliphatic carbocycles. The second-order valence-electron chi connectivity index (χ2n) is 15.3. The minimum absolute atomic E-state index is 0.0981. The van der Waals surface area contributed by atoms with E-state index in [0.717, 1.165) is 57.8 Å². The van der Waals surface area contributed by atoms with Crippen molar-refractivity contribution in [3.05, 3.63) is 24.3 Å². The summed E-state index contributed by atoms with van der Waals surface area (Å²) < 4.78 is 0. The molecule has 0 radical (unpaired) electrons. The van der Waals surface area contributed by atoms with Crippen LogP contribution in [0.2, 0.25) is 0 Å². The van der Waals surface area contributed by atoms with Crippen molar-refractivity contribution in [2.75, 3.05) is 14.1 Å². The summed E-state index contributed by atoms with van der Waals surface area (Å²) in [5.74, 6) is -3.17. The maximum absolute atomic E-state index is 14.8. The van der Waals surface area contributed by atoms with E-state index in [-0.39, 0.29) is 29.5 Å². The summed E-state index contributed by atoms with van der Waals surface area (Å²) in [5, 5.41) is 8.76. The number of hydrogen-bond acceptors (Lipinski definition) is 8. The Balaban J connectivity index is 1.61. The molecule has 270 valence electrons. The van der Waals surface area contributed by atoms with E-state index in [0.29, 0.717) is 19.3 Å². The number of carbonyl (C=O) groups is 6. The van der Waals surface area contributed by atoms with Crippen LogP contribution >= 0.6 is 0 Å². The zero-order valence-electron chi connectivity index (χ0n) is 30.0. The Morgan fingerprint density at radius 2 is 1.59 bits per heavy atom. The Morgan fingerprint density at radius 1 is 0.918 bits per heavy atom. The van der Waals surface area contributed by atoms with E-state index < -0.39 is 59.0 Å². The first-order valence-corrected chi connectivity index (χ1v) is 18.0. The predicted molar refractivity (Wildman–Crippen MR) is 183 cm³/mol. The normalized spacial score (nSPS) is 23.0. The van der Waals surface area contributed by atoms with Crippen LogP contribution in [0.15, 0.2) is 18.6 Å². The molecule has 2 heterocycles. The molecule has 0 bridgehead atoms. The van der Waals surface area contributed by atoms with E-state index in [9.17, 15) is 28.8 Å². The highest BCUT2D eigenvalue weighted by Gasteiger charge is 2.51. The Kier molecular flexibility index (Phi) is 12.9. The second kappa shape index (κ2) is 16.7. The average molecular weight is 682 g/mol. The third-order valence-corrected chi connectivity index (χ3v) is 10.4. The van der Waals surface area contributed by atoms with Gasteiger partial charge in [-0.1, -0.05) is 66.2 Å². The standard InChI is InChI=1S/C36H55N7O6/c1-7-13-24(29(44)34(48)42(5)6)39-32(46)27-20-23-16-11-12-17-26(23)43(27)35(49)30(36(2,3)4)41-33(47)28(22-14-9-8-10-15-22)40-31(45)25-21-37-18-19-38-25/h18-19,21-24,26-28,30H,7-17,20H2,1-6H3,(H,39,46)(H,40,45)(H,41,47)/t23-,24-,26-,27-,28?,30+/m0/s1. The predicted octanol–water partition coefficient (Wildman–Crippen LogP) is 2.79. The maximum Gasteiger partial charge on any atom is 0.291 e. The molecule has 1 saturated heterocycles. The molecule has 1 aromatic rings. The summed E-state index contributed by atoms with van der Waals surface area (Å²) in [5.41, 5.74) is -0.647. The van der Waals surface area contributed by atoms with Crippen LogP contribution < -0.4 is 16.0 Å². The van der Waals surface area contributed by atoms with E-state index in [2.05, 4.69) is 25.9 Å². The van der Waals surface area contributed by atoms with Crippen molar-refractivity contribution in [2.45, 2.75) is 135 Å². The highest BCUT2D eigenvalue weighted by molar-refractivity contribution is 6.38. The van der Waals surface area contributed by atoms with Gasteiger partial charge in [-0.25, -0.2) is 4.98 Å². The van der Waals surface area contributed by atoms with Crippen molar-refractivity contribution in [3.63, 3.8) is 0 Å². The minimum atomic E-state index is -1.00. The first kappa shape index (κ1) is 37.9. The molecule has 1 unspecified atom stereocenters. The monoisotopic (exact) mass is 681 g/mol. The van der Waals surface area contributed by atoms with Crippen LogP contribution in [0, 0.1) is 17.3 Å². The van der Waals surface area contributed by atoms with Gasteiger partial charge in [-0.2, -0.15) is 0 Å². The number of nitrogens with zero attached hydrogens (tertiary/aromatic N) is 4. The maximum atomic E-state index is 14.8. The van der Waals surface area contributed by atoms with Crippen molar-refractivity contribution in [2.24, 2.45) is 17.3 Å². The van der Waals surface area contributed by atoms with Crippen molar-refractivity contribution < 1.29 is 28.8 Å². The third-order valence-electron chi connectivity index (χ3n) is 10.4. The molecule has 2 saturated carbocycles. The van der Waals surface area contributed by atoms with Gasteiger partial charge < -0.3 is 25.8 Å². The van der Waals surface area contributed by atoms with E-state index in [1.165, 1.54) is 37.6 Å². The van der Waals surface area contributed by atoms with Gasteiger partial charge in [0.15, 0.2) is 0 Å². The van der Waals surface area contributed by atoms with E-state index >= 15 is 0 Å². The Labute approximate surface area is 290 Å². The number of ketones is 1. The number of aromatic nitrogens is 2. The first-order valence-electron chi connectivity index (χ1n) is 18.0. The summed E-state index contributed by atoms with van der Waals surface area (Å²) in [7, 11) is 2.99. The Hall–Kier alpha value is -3.90. The summed E-state index contributed by atoms with van der Waals surface area (Å²) in [6.07, 6.45) is 13.5. The number of hydrogen-bond donors (Lipinski definition) is 3. The fourth-order valence-electron chi connectivity index (χ4n) is 7.73. The van der Waals surface area contributed by atoms with Crippen LogP contribution in [-0.2, 0) is 24.0 Å². The number of carbonyl (C=O) groups excluding carboxylic acids is 6. The van der Waals surface area contributed by atoms with Crippen LogP contribution in [0.5, 0.6) is 0 Å². The van der Waals surface area contributed by atoms with Crippen molar-refractivity contribution in [3.8, 4) is 0 Å². The Bertz CT molecular complexity index is 1360. The lowest BCUT2D eigenvalue weighted by molar-refractivity contribution is -0.148. The van der Waals surface area contributed by atoms with E-state index in [4.69, 9.17) is 0 Å². The number of fused-ring (bicyclic) bond motifs is 1. The molecule has 49 heavy (non-hydrogen) atoms. The quantitative estimate of drug-likeness (QED) is 0.283. The molecular formula is C36H55N7O6. The summed E-state index contributed by atoms with van der Waals surface area (Å²) in [4.78, 5) is 92.7. The molecule has 13 nitrogen and oxygen atoms in total. The molecule has 13 heteroatoms. The number of likely N-dealkylation sites (tertiary alicyclic amines) is 1. The minimum Gasteiger partial charge on any atom is -0.344 e. The molecule has 3 N–H and O–H groups in total. The lowest BCUT2D eigenvalue weighted by atomic mass is 9.81. The van der Waals surface area contributed by atoms with Crippen LogP contribution in [0.1, 0.15) is 115 Å². The lowest BCUT2D eigenvalue weighted by Gasteiger charge is -2.40. The molecule has 6 atom stereocenters. The fourth-order valence-corrected chi connectivity index (χ4v) is 7.73. The van der Waals surface area contributed by atoms with Crippen molar-refractivity contribution in [1.29, 1.82) is 0 Å². The Morgan fingerprint density at radius 3 is 2.20 bits per heavy atom. The van der Waals surface area contributed by atoms with Gasteiger partial charge in [0, 0.05) is 32.5 Å². The van der Waals surface area contributed by atoms with Gasteiger partial charge in [-0.3, -0.25) is 33.8 Å². The second-order valence-corrected chi connectivity index (χ2v) is 15.3. The van der Waals surface area contributed by atoms with Gasteiger partial charge in [-0.15, -0.1) is 0 Å². The van der Waals surface area contributed by atoms with Gasteiger partial charge in [0.05, 0.1) is 12.2 Å². The van der Waals surface area contributed by atoms with Crippen LogP contribution in [0.3, 0.4) is 0 Å². The number of rotatable bonds is 12. The smallest absolute Gasteiger partial charge is 0.291 e. The van der Waals surface area contributed by atoms with Crippen molar-refractivity contribution >= 4 is 35.3 Å². The van der Waals surface area contributed by atoms with Gasteiger partial charge in [0.2, 0.25) is 23.5 Å². The summed E-state index contributed by atoms with van der Waals surface area (Å²) in [6.45, 7) is 7.49. The highest BCUT2D eigenvalue weighted by Crippen LogP contribution is 2.41. The molecule has 1 aromatic heterocycles. The van der Waals surface area contributed by atoms with Crippen molar-refractivity contribution in [1.82, 2.24) is 35.7 Å². The molecule has 3 fully saturated rings. The van der Waals surface area contributed by atoms with E-state index in [1.807, 2.05) is 27.7 Å². The average Bonchev–Trinajstić information content (AvgIpc) is 3.48. The lowest BCUT2D eigenvalue weighted by Crippen LogP contribution is -2.63. The summed E-state index contributed by atoms with van der Waals surface area (Å²) >= 11 is 0. The van der Waals surface area contributed by atoms with Gasteiger partial charge in [0.25, 0.3) is 11.8 Å². The molecule has 0 spiro atoms. The molecule has 4 rings (SSSR count). The van der Waals surface area contributed by atoms with Gasteiger partial charge in [-0.05, 0) is 55.8 Å². The number of Topliss-reactive ketones (excluding diaryl/α,β-unsaturated/α-hetero) is 1. The highest BCUT2D eigenvalue weighted by atomic mass is 16.2. The third kappa shape index (κ3) is 9.21. The molecule has 0 aromatic carbocycles. The van der Waals surface area contributed by atoms with Gasteiger partial charge >= 0.3 is 0 Å². The van der Waals surface area contributed by atoms with Gasteiger partial charge in [0.1, 0.15) is 23.8 Å². The number of nitrogens with one attached hydrogen (secondary N) is 3. The first-order chi connectivity index (χ1) is 23.2. The number of amides is 5. The number of likely N-dealkylation sites (N-methyl/N-ethyl adjacent to an activating group) is 1. The van der Waals surface area contributed by atoms with Crippen LogP contribution in [0.25, 0.3) is 0 Å². The SMILES string of the molecule is CCC[C@H](NC(=O)[C@@H]1C[C@@H]2CCCC[C@@H]2N1C(=O)[C@@H](NC(=O)C(NC(=O)c1cnccn1)C1CCCCC1)C(C)(C)C)C(=O)C(=O)N(C)C. The molecule has 1 aliphatic heterocycles.